The minimum atomic E-state index is -0.521. The number of nitrogens with one attached hydrogen (secondary N) is 1. The highest BCUT2D eigenvalue weighted by atomic mass is 16.2. The fraction of sp³-hybridized carbons (Fsp3) is 0.588. The van der Waals surface area contributed by atoms with Crippen LogP contribution in [0.3, 0.4) is 0 Å². The number of nitrogens with two attached hydrogens (primary N) is 1. The number of hydrogen-bond acceptors (Lipinski definition) is 2. The lowest BCUT2D eigenvalue weighted by Gasteiger charge is -2.42. The Balaban J connectivity index is 2.01. The second-order valence-corrected chi connectivity index (χ2v) is 6.64. The van der Waals surface area contributed by atoms with E-state index in [2.05, 4.69) is 12.2 Å². The van der Waals surface area contributed by atoms with Gasteiger partial charge >= 0.3 is 0 Å². The molecule has 20 heavy (non-hydrogen) atoms. The Hall–Kier alpha value is -1.51. The predicted octanol–water partition coefficient (Wildman–Crippen LogP) is 3.24. The molecule has 1 amide bonds. The molecule has 1 aromatic carbocycles. The molecule has 0 heterocycles. The first-order valence-electron chi connectivity index (χ1n) is 7.54. The fourth-order valence-corrected chi connectivity index (χ4v) is 2.85. The van der Waals surface area contributed by atoms with Crippen molar-refractivity contribution in [3.05, 3.63) is 29.8 Å². The highest BCUT2D eigenvalue weighted by molar-refractivity contribution is 5.87. The van der Waals surface area contributed by atoms with E-state index in [0.29, 0.717) is 5.41 Å². The van der Waals surface area contributed by atoms with Crippen molar-refractivity contribution < 1.29 is 4.79 Å². The Morgan fingerprint density at radius 2 is 1.90 bits per heavy atom. The van der Waals surface area contributed by atoms with E-state index in [1.165, 1.54) is 19.3 Å². The third-order valence-electron chi connectivity index (χ3n) is 4.99. The van der Waals surface area contributed by atoms with Crippen LogP contribution in [0.2, 0.25) is 0 Å². The molecular formula is C17H26N2O. The zero-order chi connectivity index (χ0) is 14.8. The quantitative estimate of drug-likeness (QED) is 0.810. The van der Waals surface area contributed by atoms with Crippen molar-refractivity contribution in [2.45, 2.75) is 51.9 Å². The first kappa shape index (κ1) is 14.9. The average molecular weight is 274 g/mol. The molecule has 3 heteroatoms. The summed E-state index contributed by atoms with van der Waals surface area (Å²) in [7, 11) is 0. The molecule has 0 unspecified atom stereocenters. The molecule has 0 atom stereocenters. The summed E-state index contributed by atoms with van der Waals surface area (Å²) in [4.78, 5) is 12.5. The number of rotatable bonds is 5. The molecule has 1 saturated carbocycles. The summed E-state index contributed by atoms with van der Waals surface area (Å²) in [5.74, 6) is 0.0991. The zero-order valence-corrected chi connectivity index (χ0v) is 12.8. The Kier molecular flexibility index (Phi) is 4.07. The maximum absolute atomic E-state index is 12.5. The molecule has 1 aliphatic carbocycles. The summed E-state index contributed by atoms with van der Waals surface area (Å²) in [6.07, 6.45) is 4.93. The van der Waals surface area contributed by atoms with Gasteiger partial charge < -0.3 is 11.1 Å². The Morgan fingerprint density at radius 3 is 2.35 bits per heavy atom. The van der Waals surface area contributed by atoms with E-state index in [1.54, 1.807) is 0 Å². The molecule has 1 aromatic rings. The van der Waals surface area contributed by atoms with E-state index < -0.39 is 5.41 Å². The summed E-state index contributed by atoms with van der Waals surface area (Å²) in [6, 6.07) is 7.58. The molecule has 3 nitrogen and oxygen atoms in total. The normalized spacial score (nSPS) is 17.4. The van der Waals surface area contributed by atoms with Crippen LogP contribution in [0, 0.1) is 5.41 Å². The van der Waals surface area contributed by atoms with Crippen molar-refractivity contribution in [2.24, 2.45) is 5.41 Å². The van der Waals surface area contributed by atoms with E-state index in [9.17, 15) is 4.79 Å². The number of anilines is 1. The van der Waals surface area contributed by atoms with Crippen molar-refractivity contribution in [2.75, 3.05) is 12.3 Å². The predicted molar refractivity (Wildman–Crippen MR) is 83.5 cm³/mol. The van der Waals surface area contributed by atoms with Gasteiger partial charge in [0.2, 0.25) is 5.91 Å². The van der Waals surface area contributed by atoms with Gasteiger partial charge in [0.25, 0.3) is 0 Å². The highest BCUT2D eigenvalue weighted by Crippen LogP contribution is 2.43. The minimum absolute atomic E-state index is 0.0991. The molecule has 110 valence electrons. The van der Waals surface area contributed by atoms with Gasteiger partial charge in [0.05, 0.1) is 5.41 Å². The van der Waals surface area contributed by atoms with Crippen LogP contribution in [0.5, 0.6) is 0 Å². The number of carbonyl (C=O) groups is 1. The molecular weight excluding hydrogens is 248 g/mol. The van der Waals surface area contributed by atoms with Crippen LogP contribution in [0.15, 0.2) is 24.3 Å². The molecule has 0 saturated heterocycles. The highest BCUT2D eigenvalue weighted by Gasteiger charge is 2.37. The number of carbonyl (C=O) groups excluding carboxylic acids is 1. The van der Waals surface area contributed by atoms with Crippen molar-refractivity contribution in [3.63, 3.8) is 0 Å². The maximum Gasteiger partial charge on any atom is 0.230 e. The maximum atomic E-state index is 12.5. The van der Waals surface area contributed by atoms with Gasteiger partial charge in [-0.05, 0) is 56.2 Å². The Bertz CT molecular complexity index is 467. The van der Waals surface area contributed by atoms with Crippen molar-refractivity contribution in [1.29, 1.82) is 0 Å². The molecule has 3 N–H and O–H groups in total. The average Bonchev–Trinajstić information content (AvgIpc) is 2.38. The lowest BCUT2D eigenvalue weighted by Crippen LogP contribution is -2.47. The molecule has 0 aliphatic heterocycles. The van der Waals surface area contributed by atoms with Crippen LogP contribution in [0.25, 0.3) is 0 Å². The molecule has 0 bridgehead atoms. The lowest BCUT2D eigenvalue weighted by molar-refractivity contribution is -0.126. The number of nitrogen functional groups attached to an aromatic ring is 1. The number of benzene rings is 1. The van der Waals surface area contributed by atoms with Gasteiger partial charge in [-0.3, -0.25) is 4.79 Å². The Morgan fingerprint density at radius 1 is 1.30 bits per heavy atom. The molecule has 1 fully saturated rings. The second-order valence-electron chi connectivity index (χ2n) is 6.64. The first-order valence-corrected chi connectivity index (χ1v) is 7.54. The second kappa shape index (κ2) is 5.47. The summed E-state index contributed by atoms with van der Waals surface area (Å²) < 4.78 is 0. The van der Waals surface area contributed by atoms with Crippen LogP contribution in [-0.4, -0.2) is 12.5 Å². The topological polar surface area (TPSA) is 55.1 Å². The lowest BCUT2D eigenvalue weighted by atomic mass is 9.67. The summed E-state index contributed by atoms with van der Waals surface area (Å²) in [5.41, 5.74) is 7.27. The number of amides is 1. The van der Waals surface area contributed by atoms with Gasteiger partial charge in [0.15, 0.2) is 0 Å². The molecule has 0 aromatic heterocycles. The van der Waals surface area contributed by atoms with Crippen molar-refractivity contribution in [3.8, 4) is 0 Å². The van der Waals surface area contributed by atoms with E-state index >= 15 is 0 Å². The Labute approximate surface area is 121 Å². The van der Waals surface area contributed by atoms with Gasteiger partial charge in [0.1, 0.15) is 0 Å². The van der Waals surface area contributed by atoms with E-state index in [-0.39, 0.29) is 5.91 Å². The summed E-state index contributed by atoms with van der Waals surface area (Å²) >= 11 is 0. The van der Waals surface area contributed by atoms with Crippen LogP contribution >= 0.6 is 0 Å². The zero-order valence-electron chi connectivity index (χ0n) is 12.8. The largest absolute Gasteiger partial charge is 0.399 e. The molecule has 0 spiro atoms. The smallest absolute Gasteiger partial charge is 0.230 e. The van der Waals surface area contributed by atoms with Crippen molar-refractivity contribution in [1.82, 2.24) is 5.32 Å². The first-order chi connectivity index (χ1) is 9.39. The van der Waals surface area contributed by atoms with E-state index in [0.717, 1.165) is 24.2 Å². The van der Waals surface area contributed by atoms with Crippen LogP contribution in [0.4, 0.5) is 5.69 Å². The van der Waals surface area contributed by atoms with Gasteiger partial charge in [-0.1, -0.05) is 25.5 Å². The van der Waals surface area contributed by atoms with E-state index in [1.807, 2.05) is 38.1 Å². The fourth-order valence-electron chi connectivity index (χ4n) is 2.85. The molecule has 2 rings (SSSR count). The minimum Gasteiger partial charge on any atom is -0.399 e. The molecule has 0 radical (unpaired) electrons. The van der Waals surface area contributed by atoms with Crippen molar-refractivity contribution >= 4 is 11.6 Å². The van der Waals surface area contributed by atoms with Crippen LogP contribution < -0.4 is 11.1 Å². The van der Waals surface area contributed by atoms with Crippen LogP contribution in [-0.2, 0) is 10.2 Å². The molecule has 1 aliphatic rings. The van der Waals surface area contributed by atoms with Gasteiger partial charge in [-0.15, -0.1) is 0 Å². The SMILES string of the molecule is CCC1(CNC(=O)C(C)(C)c2ccc(N)cc2)CCC1. The van der Waals surface area contributed by atoms with Crippen LogP contribution in [0.1, 0.15) is 52.0 Å². The van der Waals surface area contributed by atoms with Gasteiger partial charge in [-0.2, -0.15) is 0 Å². The third kappa shape index (κ3) is 2.82. The van der Waals surface area contributed by atoms with Gasteiger partial charge in [0, 0.05) is 12.2 Å². The monoisotopic (exact) mass is 274 g/mol. The summed E-state index contributed by atoms with van der Waals surface area (Å²) in [6.45, 7) is 6.96. The standard InChI is InChI=1S/C17H26N2O/c1-4-17(10-5-11-17)12-19-15(20)16(2,3)13-6-8-14(18)9-7-13/h6-9H,4-5,10-12,18H2,1-3H3,(H,19,20). The third-order valence-corrected chi connectivity index (χ3v) is 4.99. The van der Waals surface area contributed by atoms with Gasteiger partial charge in [-0.25, -0.2) is 0 Å². The summed E-state index contributed by atoms with van der Waals surface area (Å²) in [5, 5.41) is 3.16. The number of hydrogen-bond donors (Lipinski definition) is 2. The van der Waals surface area contributed by atoms with E-state index in [4.69, 9.17) is 5.73 Å².